The lowest BCUT2D eigenvalue weighted by Gasteiger charge is -2.10. The number of hydrogen-bond donors (Lipinski definition) is 3. The van der Waals surface area contributed by atoms with Gasteiger partial charge in [0.05, 0.1) is 16.3 Å². The number of aliphatic hydroxyl groups is 2. The topological polar surface area (TPSA) is 82.5 Å². The quantitative estimate of drug-likeness (QED) is 0.793. The second kappa shape index (κ2) is 5.47. The average molecular weight is 292 g/mol. The summed E-state index contributed by atoms with van der Waals surface area (Å²) in [4.78, 5) is 16.5. The number of para-hydroxylation sites is 1. The molecule has 0 aliphatic heterocycles. The second-order valence-electron chi connectivity index (χ2n) is 5.14. The number of aromatic nitrogens is 1. The molecule has 2 aromatic rings. The molecule has 1 aliphatic carbocycles. The number of carbonyl (C=O) groups is 1. The number of fused-ring (bicyclic) bond motifs is 1. The van der Waals surface area contributed by atoms with E-state index in [1.807, 2.05) is 24.3 Å². The minimum Gasteiger partial charge on any atom is -0.396 e. The van der Waals surface area contributed by atoms with Crippen LogP contribution >= 0.6 is 11.3 Å². The first-order chi connectivity index (χ1) is 9.67. The summed E-state index contributed by atoms with van der Waals surface area (Å²) >= 11 is 1.36. The maximum Gasteiger partial charge on any atom is 0.280 e. The molecule has 3 N–H and O–H groups in total. The number of nitrogens with one attached hydrogen (secondary N) is 1. The van der Waals surface area contributed by atoms with Crippen molar-refractivity contribution in [3.05, 3.63) is 29.3 Å². The Morgan fingerprint density at radius 2 is 2.20 bits per heavy atom. The van der Waals surface area contributed by atoms with Gasteiger partial charge in [0.25, 0.3) is 5.91 Å². The first-order valence-electron chi connectivity index (χ1n) is 6.62. The largest absolute Gasteiger partial charge is 0.396 e. The minimum absolute atomic E-state index is 0.0469. The molecule has 6 heteroatoms. The van der Waals surface area contributed by atoms with Crippen molar-refractivity contribution in [2.45, 2.75) is 25.0 Å². The van der Waals surface area contributed by atoms with Crippen LogP contribution in [0, 0.1) is 5.92 Å². The molecular weight excluding hydrogens is 276 g/mol. The fraction of sp³-hybridized carbons (Fsp3) is 0.429. The highest BCUT2D eigenvalue weighted by molar-refractivity contribution is 7.20. The summed E-state index contributed by atoms with van der Waals surface area (Å²) in [6, 6.07) is 7.53. The lowest BCUT2D eigenvalue weighted by molar-refractivity contribution is 0.0903. The van der Waals surface area contributed by atoms with E-state index in [-0.39, 0.29) is 24.5 Å². The van der Waals surface area contributed by atoms with E-state index >= 15 is 0 Å². The molecule has 0 spiro atoms. The highest BCUT2D eigenvalue weighted by atomic mass is 32.1. The summed E-state index contributed by atoms with van der Waals surface area (Å²) in [6.07, 6.45) is 0.552. The van der Waals surface area contributed by atoms with E-state index < -0.39 is 6.10 Å². The van der Waals surface area contributed by atoms with Crippen molar-refractivity contribution in [2.75, 3.05) is 6.61 Å². The third-order valence-corrected chi connectivity index (χ3v) is 4.75. The van der Waals surface area contributed by atoms with Gasteiger partial charge < -0.3 is 15.5 Å². The predicted molar refractivity (Wildman–Crippen MR) is 76.7 cm³/mol. The molecule has 1 aromatic heterocycles. The maximum atomic E-state index is 12.2. The lowest BCUT2D eigenvalue weighted by atomic mass is 10.1. The van der Waals surface area contributed by atoms with E-state index in [4.69, 9.17) is 5.11 Å². The lowest BCUT2D eigenvalue weighted by Crippen LogP contribution is -2.33. The van der Waals surface area contributed by atoms with Gasteiger partial charge in [-0.25, -0.2) is 4.98 Å². The highest BCUT2D eigenvalue weighted by Crippen LogP contribution is 2.27. The highest BCUT2D eigenvalue weighted by Gasteiger charge is 2.33. The van der Waals surface area contributed by atoms with E-state index in [1.54, 1.807) is 0 Å². The van der Waals surface area contributed by atoms with Crippen LogP contribution in [-0.2, 0) is 0 Å². The molecule has 0 saturated heterocycles. The molecular formula is C14H16N2O3S. The molecule has 1 saturated carbocycles. The van der Waals surface area contributed by atoms with Crippen molar-refractivity contribution in [1.82, 2.24) is 10.3 Å². The Kier molecular flexibility index (Phi) is 3.69. The van der Waals surface area contributed by atoms with Gasteiger partial charge in [-0.1, -0.05) is 12.1 Å². The van der Waals surface area contributed by atoms with E-state index in [2.05, 4.69) is 10.3 Å². The molecule has 1 aromatic carbocycles. The minimum atomic E-state index is -0.541. The van der Waals surface area contributed by atoms with Crippen LogP contribution in [0.5, 0.6) is 0 Å². The SMILES string of the molecule is O=C(N[C@H]1C[C@@H](CO)[C@@H](O)C1)c1nc2ccccc2s1. The zero-order valence-corrected chi connectivity index (χ0v) is 11.6. The number of nitrogens with zero attached hydrogens (tertiary/aromatic N) is 1. The molecule has 0 bridgehead atoms. The van der Waals surface area contributed by atoms with Crippen molar-refractivity contribution in [2.24, 2.45) is 5.92 Å². The molecule has 1 heterocycles. The first-order valence-corrected chi connectivity index (χ1v) is 7.44. The van der Waals surface area contributed by atoms with E-state index in [0.29, 0.717) is 17.8 Å². The van der Waals surface area contributed by atoms with Crippen LogP contribution in [0.15, 0.2) is 24.3 Å². The predicted octanol–water partition coefficient (Wildman–Crippen LogP) is 1.16. The van der Waals surface area contributed by atoms with Crippen molar-refractivity contribution in [3.63, 3.8) is 0 Å². The van der Waals surface area contributed by atoms with Crippen LogP contribution in [0.4, 0.5) is 0 Å². The van der Waals surface area contributed by atoms with Gasteiger partial charge in [0.1, 0.15) is 0 Å². The Bertz CT molecular complexity index is 595. The van der Waals surface area contributed by atoms with Crippen LogP contribution < -0.4 is 5.32 Å². The van der Waals surface area contributed by atoms with Gasteiger partial charge >= 0.3 is 0 Å². The molecule has 0 radical (unpaired) electrons. The number of rotatable bonds is 3. The monoisotopic (exact) mass is 292 g/mol. The molecule has 3 rings (SSSR count). The molecule has 1 amide bonds. The van der Waals surface area contributed by atoms with Crippen molar-refractivity contribution >= 4 is 27.5 Å². The number of aliphatic hydroxyl groups excluding tert-OH is 2. The summed E-state index contributed by atoms with van der Waals surface area (Å²) in [7, 11) is 0. The standard InChI is InChI=1S/C14H16N2O3S/c17-7-8-5-9(6-11(8)18)15-13(19)14-16-10-3-1-2-4-12(10)20-14/h1-4,8-9,11,17-18H,5-7H2,(H,15,19)/t8-,9-,11-/m0/s1. The average Bonchev–Trinajstić information content (AvgIpc) is 3.01. The van der Waals surface area contributed by atoms with Crippen LogP contribution in [-0.4, -0.2) is 39.9 Å². The molecule has 106 valence electrons. The fourth-order valence-corrected chi connectivity index (χ4v) is 3.50. The summed E-state index contributed by atoms with van der Waals surface area (Å²) < 4.78 is 0.984. The summed E-state index contributed by atoms with van der Waals surface area (Å²) in [5, 5.41) is 22.2. The Morgan fingerprint density at radius 1 is 1.40 bits per heavy atom. The number of carbonyl (C=O) groups excluding carboxylic acids is 1. The van der Waals surface area contributed by atoms with Gasteiger partial charge in [-0.15, -0.1) is 11.3 Å². The molecule has 1 fully saturated rings. The zero-order chi connectivity index (χ0) is 14.1. The van der Waals surface area contributed by atoms with Crippen molar-refractivity contribution < 1.29 is 15.0 Å². The van der Waals surface area contributed by atoms with Crippen molar-refractivity contribution in [3.8, 4) is 0 Å². The third kappa shape index (κ3) is 2.54. The molecule has 1 aliphatic rings. The van der Waals surface area contributed by atoms with Crippen LogP contribution in [0.3, 0.4) is 0 Å². The Balaban J connectivity index is 1.70. The van der Waals surface area contributed by atoms with E-state index in [1.165, 1.54) is 11.3 Å². The second-order valence-corrected chi connectivity index (χ2v) is 6.17. The molecule has 3 atom stereocenters. The van der Waals surface area contributed by atoms with Gasteiger partial charge in [0, 0.05) is 18.6 Å². The van der Waals surface area contributed by atoms with Crippen LogP contribution in [0.25, 0.3) is 10.2 Å². The van der Waals surface area contributed by atoms with Gasteiger partial charge in [-0.2, -0.15) is 0 Å². The van der Waals surface area contributed by atoms with Gasteiger partial charge in [-0.3, -0.25) is 4.79 Å². The van der Waals surface area contributed by atoms with Crippen LogP contribution in [0.1, 0.15) is 22.6 Å². The smallest absolute Gasteiger partial charge is 0.280 e. The maximum absolute atomic E-state index is 12.2. The summed E-state index contributed by atoms with van der Waals surface area (Å²) in [5.74, 6) is -0.349. The molecule has 5 nitrogen and oxygen atoms in total. The number of thiazole rings is 1. The van der Waals surface area contributed by atoms with Gasteiger partial charge in [0.2, 0.25) is 0 Å². The zero-order valence-electron chi connectivity index (χ0n) is 10.8. The summed E-state index contributed by atoms with van der Waals surface area (Å²) in [6.45, 7) is -0.0469. The van der Waals surface area contributed by atoms with Crippen LogP contribution in [0.2, 0.25) is 0 Å². The Morgan fingerprint density at radius 3 is 2.90 bits per heavy atom. The first kappa shape index (κ1) is 13.5. The number of amides is 1. The Hall–Kier alpha value is -1.50. The third-order valence-electron chi connectivity index (χ3n) is 3.72. The number of hydrogen-bond acceptors (Lipinski definition) is 5. The fourth-order valence-electron chi connectivity index (χ4n) is 2.63. The van der Waals surface area contributed by atoms with Crippen molar-refractivity contribution in [1.29, 1.82) is 0 Å². The summed E-state index contributed by atoms with van der Waals surface area (Å²) in [5.41, 5.74) is 0.822. The van der Waals surface area contributed by atoms with E-state index in [0.717, 1.165) is 10.2 Å². The van der Waals surface area contributed by atoms with Gasteiger partial charge in [0.15, 0.2) is 5.01 Å². The van der Waals surface area contributed by atoms with E-state index in [9.17, 15) is 9.90 Å². The molecule has 0 unspecified atom stereocenters. The normalized spacial score (nSPS) is 26.0. The molecule has 20 heavy (non-hydrogen) atoms. The Labute approximate surface area is 120 Å². The number of benzene rings is 1. The van der Waals surface area contributed by atoms with Gasteiger partial charge in [-0.05, 0) is 25.0 Å².